The van der Waals surface area contributed by atoms with E-state index in [9.17, 15) is 0 Å². The van der Waals surface area contributed by atoms with E-state index in [4.69, 9.17) is 4.98 Å². The predicted octanol–water partition coefficient (Wildman–Crippen LogP) is 3.28. The van der Waals surface area contributed by atoms with Gasteiger partial charge in [-0.25, -0.2) is 9.97 Å². The molecule has 1 atom stereocenters. The molecule has 5 heteroatoms. The standard InChI is InChI=1S/C15H25BrN4/c1-5-12-10-19(4)7-6-8-20(12)14-9-13(16)17-15(18-14)11(2)3/h9,11-12H,5-8,10H2,1-4H3. The molecule has 0 spiro atoms. The van der Waals surface area contributed by atoms with Gasteiger partial charge < -0.3 is 9.80 Å². The third-order valence-electron chi connectivity index (χ3n) is 3.88. The van der Waals surface area contributed by atoms with Crippen molar-refractivity contribution >= 4 is 21.7 Å². The lowest BCUT2D eigenvalue weighted by atomic mass is 10.1. The molecule has 1 aliphatic heterocycles. The number of aromatic nitrogens is 2. The molecule has 0 aliphatic carbocycles. The Kier molecular flexibility index (Phi) is 5.38. The van der Waals surface area contributed by atoms with Gasteiger partial charge in [0.05, 0.1) is 0 Å². The average Bonchev–Trinajstić information content (AvgIpc) is 2.59. The highest BCUT2D eigenvalue weighted by atomic mass is 79.9. The van der Waals surface area contributed by atoms with E-state index in [0.29, 0.717) is 12.0 Å². The monoisotopic (exact) mass is 340 g/mol. The van der Waals surface area contributed by atoms with E-state index in [2.05, 4.69) is 64.6 Å². The summed E-state index contributed by atoms with van der Waals surface area (Å²) in [6.45, 7) is 9.88. The summed E-state index contributed by atoms with van der Waals surface area (Å²) in [6.07, 6.45) is 2.33. The minimum absolute atomic E-state index is 0.348. The van der Waals surface area contributed by atoms with Crippen LogP contribution in [0, 0.1) is 0 Å². The van der Waals surface area contributed by atoms with Gasteiger partial charge in [0.1, 0.15) is 16.2 Å². The van der Waals surface area contributed by atoms with Crippen LogP contribution in [-0.2, 0) is 0 Å². The summed E-state index contributed by atoms with van der Waals surface area (Å²) in [6, 6.07) is 2.59. The molecule has 1 aromatic rings. The summed E-state index contributed by atoms with van der Waals surface area (Å²) in [7, 11) is 2.21. The molecule has 20 heavy (non-hydrogen) atoms. The summed E-state index contributed by atoms with van der Waals surface area (Å²) < 4.78 is 0.888. The molecule has 0 amide bonds. The Morgan fingerprint density at radius 3 is 2.75 bits per heavy atom. The smallest absolute Gasteiger partial charge is 0.134 e. The van der Waals surface area contributed by atoms with E-state index in [0.717, 1.165) is 42.3 Å². The Bertz CT molecular complexity index is 449. The number of likely N-dealkylation sites (N-methyl/N-ethyl adjacent to an activating group) is 1. The normalized spacial score (nSPS) is 21.3. The van der Waals surface area contributed by atoms with E-state index in [1.54, 1.807) is 0 Å². The summed E-state index contributed by atoms with van der Waals surface area (Å²) in [5, 5.41) is 0. The van der Waals surface area contributed by atoms with E-state index >= 15 is 0 Å². The van der Waals surface area contributed by atoms with Gasteiger partial charge in [0.15, 0.2) is 0 Å². The topological polar surface area (TPSA) is 32.3 Å². The SMILES string of the molecule is CCC1CN(C)CCCN1c1cc(Br)nc(C(C)C)n1. The van der Waals surface area contributed by atoms with Crippen LogP contribution >= 0.6 is 15.9 Å². The van der Waals surface area contributed by atoms with Crippen LogP contribution in [0.2, 0.25) is 0 Å². The molecular weight excluding hydrogens is 316 g/mol. The second kappa shape index (κ2) is 6.85. The van der Waals surface area contributed by atoms with Crippen LogP contribution in [0.3, 0.4) is 0 Å². The van der Waals surface area contributed by atoms with Gasteiger partial charge in [-0.15, -0.1) is 0 Å². The maximum atomic E-state index is 4.79. The second-order valence-electron chi connectivity index (χ2n) is 5.93. The molecule has 1 aromatic heterocycles. The van der Waals surface area contributed by atoms with Crippen molar-refractivity contribution in [1.29, 1.82) is 0 Å². The minimum atomic E-state index is 0.348. The van der Waals surface area contributed by atoms with Gasteiger partial charge in [0.25, 0.3) is 0 Å². The van der Waals surface area contributed by atoms with Crippen molar-refractivity contribution in [2.24, 2.45) is 0 Å². The van der Waals surface area contributed by atoms with Gasteiger partial charge in [0, 0.05) is 31.1 Å². The molecule has 2 heterocycles. The highest BCUT2D eigenvalue weighted by Gasteiger charge is 2.24. The highest BCUT2D eigenvalue weighted by Crippen LogP contribution is 2.24. The number of hydrogen-bond acceptors (Lipinski definition) is 4. The lowest BCUT2D eigenvalue weighted by molar-refractivity contribution is 0.327. The molecule has 1 saturated heterocycles. The highest BCUT2D eigenvalue weighted by molar-refractivity contribution is 9.10. The van der Waals surface area contributed by atoms with Crippen molar-refractivity contribution in [2.75, 3.05) is 31.6 Å². The zero-order chi connectivity index (χ0) is 14.7. The van der Waals surface area contributed by atoms with Crippen LogP contribution in [0.4, 0.5) is 5.82 Å². The average molecular weight is 341 g/mol. The molecule has 2 rings (SSSR count). The van der Waals surface area contributed by atoms with Crippen LogP contribution in [0.1, 0.15) is 45.4 Å². The minimum Gasteiger partial charge on any atom is -0.352 e. The predicted molar refractivity (Wildman–Crippen MR) is 87.4 cm³/mol. The summed E-state index contributed by atoms with van der Waals surface area (Å²) in [5.41, 5.74) is 0. The van der Waals surface area contributed by atoms with E-state index < -0.39 is 0 Å². The molecule has 0 radical (unpaired) electrons. The fourth-order valence-corrected chi connectivity index (χ4v) is 3.11. The first-order valence-electron chi connectivity index (χ1n) is 7.51. The molecule has 0 N–H and O–H groups in total. The Balaban J connectivity index is 2.32. The maximum absolute atomic E-state index is 4.79. The van der Waals surface area contributed by atoms with Gasteiger partial charge in [0.2, 0.25) is 0 Å². The number of halogens is 1. The van der Waals surface area contributed by atoms with Gasteiger partial charge in [-0.1, -0.05) is 20.8 Å². The third kappa shape index (κ3) is 3.70. The summed E-state index contributed by atoms with van der Waals surface area (Å²) >= 11 is 3.53. The first-order chi connectivity index (χ1) is 9.51. The van der Waals surface area contributed by atoms with Crippen molar-refractivity contribution in [2.45, 2.75) is 45.6 Å². The zero-order valence-electron chi connectivity index (χ0n) is 12.9. The van der Waals surface area contributed by atoms with Crippen LogP contribution < -0.4 is 4.90 Å². The molecule has 112 valence electrons. The number of rotatable bonds is 3. The number of nitrogens with zero attached hydrogens (tertiary/aromatic N) is 4. The van der Waals surface area contributed by atoms with Crippen molar-refractivity contribution < 1.29 is 0 Å². The molecular formula is C15H25BrN4. The van der Waals surface area contributed by atoms with Crippen molar-refractivity contribution in [3.05, 3.63) is 16.5 Å². The van der Waals surface area contributed by atoms with Gasteiger partial charge in [-0.3, -0.25) is 0 Å². The molecule has 4 nitrogen and oxygen atoms in total. The first kappa shape index (κ1) is 15.7. The van der Waals surface area contributed by atoms with Crippen LogP contribution in [0.5, 0.6) is 0 Å². The molecule has 1 fully saturated rings. The maximum Gasteiger partial charge on any atom is 0.134 e. The van der Waals surface area contributed by atoms with Crippen molar-refractivity contribution in [3.63, 3.8) is 0 Å². The molecule has 0 bridgehead atoms. The third-order valence-corrected chi connectivity index (χ3v) is 4.29. The fourth-order valence-electron chi connectivity index (χ4n) is 2.72. The van der Waals surface area contributed by atoms with Crippen LogP contribution in [-0.4, -0.2) is 47.6 Å². The van der Waals surface area contributed by atoms with Gasteiger partial charge >= 0.3 is 0 Å². The lowest BCUT2D eigenvalue weighted by Crippen LogP contribution is -2.40. The largest absolute Gasteiger partial charge is 0.352 e. The van der Waals surface area contributed by atoms with Crippen molar-refractivity contribution in [3.8, 4) is 0 Å². The molecule has 0 aromatic carbocycles. The Morgan fingerprint density at radius 1 is 1.35 bits per heavy atom. The molecule has 1 aliphatic rings. The van der Waals surface area contributed by atoms with Crippen LogP contribution in [0.25, 0.3) is 0 Å². The van der Waals surface area contributed by atoms with Crippen LogP contribution in [0.15, 0.2) is 10.7 Å². The van der Waals surface area contributed by atoms with E-state index in [1.165, 1.54) is 6.42 Å². The Hall–Kier alpha value is -0.680. The van der Waals surface area contributed by atoms with Gasteiger partial charge in [-0.05, 0) is 42.4 Å². The lowest BCUT2D eigenvalue weighted by Gasteiger charge is -2.31. The Labute approximate surface area is 130 Å². The van der Waals surface area contributed by atoms with Gasteiger partial charge in [-0.2, -0.15) is 0 Å². The number of anilines is 1. The number of hydrogen-bond donors (Lipinski definition) is 0. The zero-order valence-corrected chi connectivity index (χ0v) is 14.5. The fraction of sp³-hybridized carbons (Fsp3) is 0.733. The second-order valence-corrected chi connectivity index (χ2v) is 6.75. The van der Waals surface area contributed by atoms with Crippen molar-refractivity contribution in [1.82, 2.24) is 14.9 Å². The molecule has 0 saturated carbocycles. The van der Waals surface area contributed by atoms with E-state index in [-0.39, 0.29) is 0 Å². The molecule has 1 unspecified atom stereocenters. The Morgan fingerprint density at radius 2 is 2.10 bits per heavy atom. The van der Waals surface area contributed by atoms with E-state index in [1.807, 2.05) is 0 Å². The quantitative estimate of drug-likeness (QED) is 0.790. The summed E-state index contributed by atoms with van der Waals surface area (Å²) in [4.78, 5) is 14.2. The summed E-state index contributed by atoms with van der Waals surface area (Å²) in [5.74, 6) is 2.33. The first-order valence-corrected chi connectivity index (χ1v) is 8.30.